The van der Waals surface area contributed by atoms with Gasteiger partial charge in [0.1, 0.15) is 13.2 Å². The normalized spacial score (nSPS) is 12.8. The molecule has 1 aliphatic heterocycles. The van der Waals surface area contributed by atoms with Gasteiger partial charge in [-0.3, -0.25) is 14.4 Å². The van der Waals surface area contributed by atoms with Crippen molar-refractivity contribution in [2.75, 3.05) is 24.7 Å². The minimum atomic E-state index is -0.156. The lowest BCUT2D eigenvalue weighted by atomic mass is 10.1. The summed E-state index contributed by atoms with van der Waals surface area (Å²) in [5, 5.41) is 5.82. The van der Waals surface area contributed by atoms with E-state index in [-0.39, 0.29) is 5.91 Å². The summed E-state index contributed by atoms with van der Waals surface area (Å²) in [6.07, 6.45) is 0. The Morgan fingerprint density at radius 1 is 1.12 bits per heavy atom. The van der Waals surface area contributed by atoms with Gasteiger partial charge in [0.2, 0.25) is 0 Å². The smallest absolute Gasteiger partial charge is 0.260 e. The molecule has 1 aliphatic rings. The van der Waals surface area contributed by atoms with Gasteiger partial charge in [-0.1, -0.05) is 22.9 Å². The fraction of sp³-hybridized carbons (Fsp3) is 0.292. The van der Waals surface area contributed by atoms with Gasteiger partial charge in [-0.25, -0.2) is 4.98 Å². The number of benzene rings is 2. The molecule has 0 atom stereocenters. The Morgan fingerprint density at radius 2 is 1.91 bits per heavy atom. The average molecular weight is 483 g/mol. The monoisotopic (exact) mass is 482 g/mol. The molecule has 0 spiro atoms. The summed E-state index contributed by atoms with van der Waals surface area (Å²) >= 11 is 7.78. The number of ether oxygens (including phenoxy) is 2. The highest BCUT2D eigenvalue weighted by Gasteiger charge is 2.24. The van der Waals surface area contributed by atoms with Crippen molar-refractivity contribution in [1.29, 1.82) is 0 Å². The summed E-state index contributed by atoms with van der Waals surface area (Å²) in [5.41, 5.74) is 4.23. The fourth-order valence-electron chi connectivity index (χ4n) is 3.92. The minimum absolute atomic E-state index is 0.156. The van der Waals surface area contributed by atoms with E-state index in [4.69, 9.17) is 26.1 Å². The van der Waals surface area contributed by atoms with Crippen molar-refractivity contribution in [3.05, 3.63) is 63.9 Å². The molecule has 9 heteroatoms. The molecule has 0 aliphatic carbocycles. The molecule has 2 aromatic heterocycles. The zero-order valence-corrected chi connectivity index (χ0v) is 20.2. The van der Waals surface area contributed by atoms with Gasteiger partial charge >= 0.3 is 0 Å². The van der Waals surface area contributed by atoms with Crippen molar-refractivity contribution >= 4 is 44.2 Å². The van der Waals surface area contributed by atoms with Gasteiger partial charge in [-0.2, -0.15) is 5.10 Å². The molecule has 7 nitrogen and oxygen atoms in total. The Hall–Kier alpha value is -3.10. The van der Waals surface area contributed by atoms with Crippen LogP contribution in [0, 0.1) is 20.8 Å². The highest BCUT2D eigenvalue weighted by molar-refractivity contribution is 7.22. The molecule has 33 heavy (non-hydrogen) atoms. The lowest BCUT2D eigenvalue weighted by Gasteiger charge is -2.22. The predicted octanol–water partition coefficient (Wildman–Crippen LogP) is 5.19. The van der Waals surface area contributed by atoms with Gasteiger partial charge in [0.05, 0.1) is 22.5 Å². The summed E-state index contributed by atoms with van der Waals surface area (Å²) < 4.78 is 14.2. The third-order valence-corrected chi connectivity index (χ3v) is 7.09. The maximum atomic E-state index is 13.7. The lowest BCUT2D eigenvalue weighted by molar-refractivity contribution is 0.0984. The summed E-state index contributed by atoms with van der Waals surface area (Å²) in [7, 11) is 0. The molecule has 1 amide bonds. The van der Waals surface area contributed by atoms with Crippen molar-refractivity contribution in [2.24, 2.45) is 0 Å². The lowest BCUT2D eigenvalue weighted by Crippen LogP contribution is -2.34. The molecular formula is C24H23ClN4O3S. The second kappa shape index (κ2) is 8.68. The van der Waals surface area contributed by atoms with Crippen molar-refractivity contribution in [2.45, 2.75) is 27.3 Å². The largest absolute Gasteiger partial charge is 0.486 e. The zero-order chi connectivity index (χ0) is 23.1. The fourth-order valence-corrected chi connectivity index (χ4v) is 5.12. The highest BCUT2D eigenvalue weighted by Crippen LogP contribution is 2.35. The number of aryl methyl sites for hydroxylation is 3. The van der Waals surface area contributed by atoms with Crippen LogP contribution >= 0.6 is 22.9 Å². The Kier molecular flexibility index (Phi) is 5.72. The number of amides is 1. The van der Waals surface area contributed by atoms with Gasteiger partial charge in [0, 0.05) is 22.8 Å². The van der Waals surface area contributed by atoms with E-state index in [1.807, 2.05) is 43.7 Å². The Morgan fingerprint density at radius 3 is 2.67 bits per heavy atom. The quantitative estimate of drug-likeness (QED) is 0.391. The molecule has 170 valence electrons. The molecule has 3 heterocycles. The number of carbonyl (C=O) groups is 1. The van der Waals surface area contributed by atoms with E-state index in [0.29, 0.717) is 53.5 Å². The number of nitrogens with zero attached hydrogens (tertiary/aromatic N) is 4. The van der Waals surface area contributed by atoms with E-state index in [2.05, 4.69) is 5.10 Å². The van der Waals surface area contributed by atoms with Crippen LogP contribution in [0.2, 0.25) is 5.02 Å². The molecule has 4 aromatic rings. The first-order valence-electron chi connectivity index (χ1n) is 10.7. The Balaban J connectivity index is 1.52. The van der Waals surface area contributed by atoms with Crippen LogP contribution in [-0.4, -0.2) is 40.4 Å². The van der Waals surface area contributed by atoms with Gasteiger partial charge in [0.15, 0.2) is 16.6 Å². The van der Waals surface area contributed by atoms with E-state index in [0.717, 1.165) is 27.2 Å². The molecule has 2 aromatic carbocycles. The SMILES string of the molecule is Cc1cc(C)n(CCN(C(=O)c2ccc3c(c2)OCCO3)c2nc3c(C)c(Cl)ccc3s2)n1. The zero-order valence-electron chi connectivity index (χ0n) is 18.6. The average Bonchev–Trinajstić information content (AvgIpc) is 3.38. The predicted molar refractivity (Wildman–Crippen MR) is 130 cm³/mol. The highest BCUT2D eigenvalue weighted by atomic mass is 35.5. The number of halogens is 1. The van der Waals surface area contributed by atoms with E-state index in [1.54, 1.807) is 23.1 Å². The molecule has 0 N–H and O–H groups in total. The van der Waals surface area contributed by atoms with Crippen LogP contribution in [0.25, 0.3) is 10.2 Å². The van der Waals surface area contributed by atoms with Gasteiger partial charge in [-0.05, 0) is 62.7 Å². The molecule has 0 unspecified atom stereocenters. The number of rotatable bonds is 5. The number of carbonyl (C=O) groups excluding carboxylic acids is 1. The number of aromatic nitrogens is 3. The standard InChI is InChI=1S/C24H23ClN4O3S/c1-14-12-15(2)29(27-14)9-8-28(24-26-22-16(3)18(25)5-7-21(22)33-24)23(30)17-4-6-19-20(13-17)32-11-10-31-19/h4-7,12-13H,8-11H2,1-3H3. The minimum Gasteiger partial charge on any atom is -0.486 e. The second-order valence-corrected chi connectivity index (χ2v) is 9.40. The van der Waals surface area contributed by atoms with Crippen LogP contribution in [0.3, 0.4) is 0 Å². The first kappa shape index (κ1) is 21.7. The number of hydrogen-bond donors (Lipinski definition) is 0. The molecule has 0 saturated carbocycles. The Labute approximate surface area is 200 Å². The summed E-state index contributed by atoms with van der Waals surface area (Å²) in [6, 6.07) is 11.1. The maximum Gasteiger partial charge on any atom is 0.260 e. The molecule has 0 bridgehead atoms. The Bertz CT molecular complexity index is 1360. The molecule has 0 saturated heterocycles. The van der Waals surface area contributed by atoms with E-state index in [9.17, 15) is 4.79 Å². The van der Waals surface area contributed by atoms with E-state index in [1.165, 1.54) is 11.3 Å². The topological polar surface area (TPSA) is 69.5 Å². The van der Waals surface area contributed by atoms with Gasteiger partial charge < -0.3 is 9.47 Å². The van der Waals surface area contributed by atoms with Crippen LogP contribution in [0.5, 0.6) is 11.5 Å². The molecule has 0 fully saturated rings. The third-order valence-electron chi connectivity index (χ3n) is 5.64. The van der Waals surface area contributed by atoms with Gasteiger partial charge in [0.25, 0.3) is 5.91 Å². The first-order chi connectivity index (χ1) is 15.9. The van der Waals surface area contributed by atoms with Crippen molar-refractivity contribution in [3.63, 3.8) is 0 Å². The number of hydrogen-bond acceptors (Lipinski definition) is 6. The first-order valence-corrected chi connectivity index (χ1v) is 11.9. The molecule has 0 radical (unpaired) electrons. The van der Waals surface area contributed by atoms with Crippen molar-refractivity contribution in [1.82, 2.24) is 14.8 Å². The molecule has 5 rings (SSSR count). The summed E-state index contributed by atoms with van der Waals surface area (Å²) in [4.78, 5) is 20.2. The van der Waals surface area contributed by atoms with Gasteiger partial charge in [-0.15, -0.1) is 0 Å². The van der Waals surface area contributed by atoms with Crippen LogP contribution in [0.1, 0.15) is 27.3 Å². The van der Waals surface area contributed by atoms with Crippen molar-refractivity contribution < 1.29 is 14.3 Å². The summed E-state index contributed by atoms with van der Waals surface area (Å²) in [5.74, 6) is 1.08. The number of thiazole rings is 1. The summed E-state index contributed by atoms with van der Waals surface area (Å²) in [6.45, 7) is 7.84. The maximum absolute atomic E-state index is 13.7. The van der Waals surface area contributed by atoms with E-state index < -0.39 is 0 Å². The number of fused-ring (bicyclic) bond motifs is 2. The van der Waals surface area contributed by atoms with Crippen molar-refractivity contribution in [3.8, 4) is 11.5 Å². The number of anilines is 1. The third kappa shape index (κ3) is 4.16. The van der Waals surface area contributed by atoms with Crippen LogP contribution in [0.4, 0.5) is 5.13 Å². The second-order valence-electron chi connectivity index (χ2n) is 7.98. The van der Waals surface area contributed by atoms with Crippen LogP contribution < -0.4 is 14.4 Å². The van der Waals surface area contributed by atoms with E-state index >= 15 is 0 Å². The van der Waals surface area contributed by atoms with Crippen LogP contribution in [0.15, 0.2) is 36.4 Å². The van der Waals surface area contributed by atoms with Crippen LogP contribution in [-0.2, 0) is 6.54 Å². The molecular weight excluding hydrogens is 460 g/mol.